The molecule has 9 heteroatoms. The minimum absolute atomic E-state index is 0.303. The molecule has 0 unspecified atom stereocenters. The smallest absolute Gasteiger partial charge is 0.273 e. The number of nitro groups is 1. The molecule has 0 saturated heterocycles. The summed E-state index contributed by atoms with van der Waals surface area (Å²) < 4.78 is 20.3. The van der Waals surface area contributed by atoms with E-state index in [2.05, 4.69) is 26.1 Å². The fourth-order valence-electron chi connectivity index (χ4n) is 1.87. The molecule has 7 nitrogen and oxygen atoms in total. The van der Waals surface area contributed by atoms with Gasteiger partial charge in [0.1, 0.15) is 11.6 Å². The van der Waals surface area contributed by atoms with E-state index >= 15 is 0 Å². The Bertz CT molecular complexity index is 662. The summed E-state index contributed by atoms with van der Waals surface area (Å²) >= 11 is 3.29. The van der Waals surface area contributed by atoms with Crippen LogP contribution in [-0.4, -0.2) is 33.4 Å². The SMILES string of the molecule is COCCn1c(CBr)nnc1-c1cc(F)cc([N+](=O)[O-])c1. The second kappa shape index (κ2) is 6.72. The highest BCUT2D eigenvalue weighted by atomic mass is 79.9. The van der Waals surface area contributed by atoms with Crippen molar-refractivity contribution in [2.45, 2.75) is 11.9 Å². The van der Waals surface area contributed by atoms with Gasteiger partial charge in [0.25, 0.3) is 5.69 Å². The summed E-state index contributed by atoms with van der Waals surface area (Å²) in [5, 5.41) is 19.3. The van der Waals surface area contributed by atoms with Crippen LogP contribution < -0.4 is 0 Å². The fraction of sp³-hybridized carbons (Fsp3) is 0.333. The standard InChI is InChI=1S/C12H12BrFN4O3/c1-21-3-2-17-11(7-13)15-16-12(17)8-4-9(14)6-10(5-8)18(19)20/h4-6H,2-3,7H2,1H3. The molecule has 0 aliphatic rings. The highest BCUT2D eigenvalue weighted by Gasteiger charge is 2.17. The summed E-state index contributed by atoms with van der Waals surface area (Å²) in [6.45, 7) is 0.881. The number of hydrogen-bond acceptors (Lipinski definition) is 5. The van der Waals surface area contributed by atoms with E-state index in [0.29, 0.717) is 35.7 Å². The van der Waals surface area contributed by atoms with Gasteiger partial charge in [0.05, 0.1) is 22.9 Å². The predicted molar refractivity (Wildman–Crippen MR) is 76.6 cm³/mol. The monoisotopic (exact) mass is 358 g/mol. The number of aromatic nitrogens is 3. The molecule has 1 aromatic carbocycles. The number of nitro benzene ring substituents is 1. The first kappa shape index (κ1) is 15.5. The van der Waals surface area contributed by atoms with E-state index in [-0.39, 0.29) is 5.69 Å². The van der Waals surface area contributed by atoms with Crippen molar-refractivity contribution >= 4 is 21.6 Å². The molecule has 0 N–H and O–H groups in total. The minimum Gasteiger partial charge on any atom is -0.383 e. The Balaban J connectivity index is 2.50. The van der Waals surface area contributed by atoms with Crippen LogP contribution in [0.4, 0.5) is 10.1 Å². The largest absolute Gasteiger partial charge is 0.383 e. The molecule has 2 aromatic rings. The van der Waals surface area contributed by atoms with Crippen LogP contribution in [-0.2, 0) is 16.6 Å². The average Bonchev–Trinajstić information content (AvgIpc) is 2.87. The van der Waals surface area contributed by atoms with Crippen LogP contribution in [0, 0.1) is 15.9 Å². The highest BCUT2D eigenvalue weighted by molar-refractivity contribution is 9.08. The van der Waals surface area contributed by atoms with E-state index in [0.717, 1.165) is 6.07 Å². The lowest BCUT2D eigenvalue weighted by molar-refractivity contribution is -0.385. The maximum atomic E-state index is 13.6. The van der Waals surface area contributed by atoms with E-state index in [1.54, 1.807) is 11.7 Å². The van der Waals surface area contributed by atoms with Crippen molar-refractivity contribution in [3.8, 4) is 11.4 Å². The molecule has 112 valence electrons. The number of halogens is 2. The Kier molecular flexibility index (Phi) is 4.97. The first-order chi connectivity index (χ1) is 10.1. The Morgan fingerprint density at radius 1 is 1.43 bits per heavy atom. The molecule has 2 rings (SSSR count). The van der Waals surface area contributed by atoms with Crippen molar-refractivity contribution in [2.24, 2.45) is 0 Å². The summed E-state index contributed by atoms with van der Waals surface area (Å²) in [7, 11) is 1.56. The molecule has 0 fully saturated rings. The maximum absolute atomic E-state index is 13.6. The maximum Gasteiger partial charge on any atom is 0.273 e. The van der Waals surface area contributed by atoms with Gasteiger partial charge < -0.3 is 9.30 Å². The predicted octanol–water partition coefficient (Wildman–Crippen LogP) is 2.53. The quantitative estimate of drug-likeness (QED) is 0.450. The van der Waals surface area contributed by atoms with Crippen molar-refractivity contribution in [1.82, 2.24) is 14.8 Å². The zero-order valence-corrected chi connectivity index (χ0v) is 12.7. The number of alkyl halides is 1. The third-order valence-electron chi connectivity index (χ3n) is 2.82. The summed E-state index contributed by atoms with van der Waals surface area (Å²) in [5.41, 5.74) is -0.0239. The normalized spacial score (nSPS) is 10.8. The third-order valence-corrected chi connectivity index (χ3v) is 3.32. The van der Waals surface area contributed by atoms with Gasteiger partial charge >= 0.3 is 0 Å². The molecule has 0 saturated carbocycles. The van der Waals surface area contributed by atoms with Gasteiger partial charge in [-0.05, 0) is 6.07 Å². The zero-order valence-electron chi connectivity index (χ0n) is 11.1. The molecule has 0 bridgehead atoms. The van der Waals surface area contributed by atoms with Crippen LogP contribution >= 0.6 is 15.9 Å². The third kappa shape index (κ3) is 3.42. The number of nitrogens with zero attached hydrogens (tertiary/aromatic N) is 4. The van der Waals surface area contributed by atoms with Crippen molar-refractivity contribution in [1.29, 1.82) is 0 Å². The molecule has 0 aliphatic carbocycles. The van der Waals surface area contributed by atoms with E-state index < -0.39 is 10.7 Å². The minimum atomic E-state index is -0.694. The Morgan fingerprint density at radius 3 is 2.81 bits per heavy atom. The zero-order chi connectivity index (χ0) is 15.4. The summed E-state index contributed by atoms with van der Waals surface area (Å²) in [5.74, 6) is 0.305. The number of hydrogen-bond donors (Lipinski definition) is 0. The van der Waals surface area contributed by atoms with Crippen LogP contribution in [0.1, 0.15) is 5.82 Å². The van der Waals surface area contributed by atoms with Crippen molar-refractivity contribution in [2.75, 3.05) is 13.7 Å². The summed E-state index contributed by atoms with van der Waals surface area (Å²) in [4.78, 5) is 10.2. The Morgan fingerprint density at radius 2 is 2.19 bits per heavy atom. The van der Waals surface area contributed by atoms with Crippen molar-refractivity contribution in [3.63, 3.8) is 0 Å². The van der Waals surface area contributed by atoms with Gasteiger partial charge in [-0.2, -0.15) is 0 Å². The van der Waals surface area contributed by atoms with E-state index in [1.807, 2.05) is 0 Å². The van der Waals surface area contributed by atoms with Gasteiger partial charge in [-0.3, -0.25) is 10.1 Å². The lowest BCUT2D eigenvalue weighted by Crippen LogP contribution is -2.09. The second-order valence-corrected chi connectivity index (χ2v) is 4.73. The molecule has 1 aromatic heterocycles. The van der Waals surface area contributed by atoms with Crippen LogP contribution in [0.25, 0.3) is 11.4 Å². The number of benzene rings is 1. The molecule has 0 atom stereocenters. The van der Waals surface area contributed by atoms with Gasteiger partial charge in [0.2, 0.25) is 0 Å². The van der Waals surface area contributed by atoms with E-state index in [4.69, 9.17) is 4.74 Å². The molecular weight excluding hydrogens is 347 g/mol. The van der Waals surface area contributed by atoms with E-state index in [9.17, 15) is 14.5 Å². The van der Waals surface area contributed by atoms with Crippen LogP contribution in [0.5, 0.6) is 0 Å². The Labute approximate surface area is 128 Å². The number of ether oxygens (including phenoxy) is 1. The van der Waals surface area contributed by atoms with Gasteiger partial charge in [-0.15, -0.1) is 10.2 Å². The first-order valence-electron chi connectivity index (χ1n) is 5.99. The lowest BCUT2D eigenvalue weighted by Gasteiger charge is -2.08. The summed E-state index contributed by atoms with van der Waals surface area (Å²) in [6, 6.07) is 3.33. The lowest BCUT2D eigenvalue weighted by atomic mass is 10.2. The van der Waals surface area contributed by atoms with Gasteiger partial charge in [0.15, 0.2) is 5.82 Å². The van der Waals surface area contributed by atoms with E-state index in [1.165, 1.54) is 12.1 Å². The van der Waals surface area contributed by atoms with Gasteiger partial charge in [-0.25, -0.2) is 4.39 Å². The van der Waals surface area contributed by atoms with Crippen LogP contribution in [0.2, 0.25) is 0 Å². The summed E-state index contributed by atoms with van der Waals surface area (Å²) in [6.07, 6.45) is 0. The second-order valence-electron chi connectivity index (χ2n) is 4.17. The van der Waals surface area contributed by atoms with Crippen LogP contribution in [0.15, 0.2) is 18.2 Å². The highest BCUT2D eigenvalue weighted by Crippen LogP contribution is 2.25. The number of methoxy groups -OCH3 is 1. The Hall–Kier alpha value is -1.87. The molecule has 0 aliphatic heterocycles. The first-order valence-corrected chi connectivity index (χ1v) is 7.11. The average molecular weight is 359 g/mol. The molecule has 21 heavy (non-hydrogen) atoms. The molecular formula is C12H12BrFN4O3. The topological polar surface area (TPSA) is 83.1 Å². The molecule has 0 amide bonds. The van der Waals surface area contributed by atoms with Gasteiger partial charge in [-0.1, -0.05) is 15.9 Å². The molecule has 0 radical (unpaired) electrons. The number of non-ortho nitro benzene ring substituents is 1. The molecule has 1 heterocycles. The van der Waals surface area contributed by atoms with Gasteiger partial charge in [0, 0.05) is 25.3 Å². The van der Waals surface area contributed by atoms with Crippen molar-refractivity contribution < 1.29 is 14.1 Å². The van der Waals surface area contributed by atoms with Crippen molar-refractivity contribution in [3.05, 3.63) is 40.0 Å². The number of rotatable bonds is 6. The fourth-order valence-corrected chi connectivity index (χ4v) is 2.29. The van der Waals surface area contributed by atoms with Crippen LogP contribution in [0.3, 0.4) is 0 Å². The molecule has 0 spiro atoms.